The molecule has 25 heavy (non-hydrogen) atoms. The molecule has 0 aromatic heterocycles. The Morgan fingerprint density at radius 3 is 2.76 bits per heavy atom. The highest BCUT2D eigenvalue weighted by Crippen LogP contribution is 2.20. The van der Waals surface area contributed by atoms with Crippen molar-refractivity contribution in [2.75, 3.05) is 64.4 Å². The van der Waals surface area contributed by atoms with E-state index in [0.29, 0.717) is 19.1 Å². The molecule has 0 atom stereocenters. The van der Waals surface area contributed by atoms with E-state index >= 15 is 0 Å². The van der Waals surface area contributed by atoms with Crippen molar-refractivity contribution in [3.05, 3.63) is 29.3 Å². The first-order valence-corrected chi connectivity index (χ1v) is 8.82. The highest BCUT2D eigenvalue weighted by Gasteiger charge is 2.16. The first-order chi connectivity index (χ1) is 11.7. The number of nitrogens with zero attached hydrogens (tertiary/aromatic N) is 3. The van der Waals surface area contributed by atoms with Crippen molar-refractivity contribution in [2.24, 2.45) is 10.7 Å². The lowest BCUT2D eigenvalue weighted by atomic mass is 10.2. The lowest BCUT2D eigenvalue weighted by Gasteiger charge is -2.36. The number of hydrogen-bond acceptors (Lipinski definition) is 4. The monoisotopic (exact) mass is 481 g/mol. The second-order valence-corrected chi connectivity index (χ2v) is 6.29. The van der Waals surface area contributed by atoms with Crippen molar-refractivity contribution in [1.82, 2.24) is 10.2 Å². The van der Waals surface area contributed by atoms with Crippen molar-refractivity contribution in [3.63, 3.8) is 0 Å². The maximum Gasteiger partial charge on any atom is 0.188 e. The van der Waals surface area contributed by atoms with Gasteiger partial charge in [0.2, 0.25) is 0 Å². The molecule has 0 bridgehead atoms. The second kappa shape index (κ2) is 12.6. The van der Waals surface area contributed by atoms with Gasteiger partial charge in [-0.25, -0.2) is 0 Å². The number of benzene rings is 1. The molecule has 1 aromatic rings. The standard InChI is InChI=1S/C17H28ClN5O.HI/c1-24-13-7-21-17(19)20-6-3-8-22-9-11-23(12-10-22)16-5-2-4-15(18)14-16;/h2,4-5,14H,3,6-13H2,1H3,(H3,19,20,21);1H. The van der Waals surface area contributed by atoms with Crippen molar-refractivity contribution >= 4 is 47.2 Å². The van der Waals surface area contributed by atoms with Crippen LogP contribution in [0.15, 0.2) is 29.3 Å². The van der Waals surface area contributed by atoms with Crippen LogP contribution in [-0.2, 0) is 4.74 Å². The van der Waals surface area contributed by atoms with Crippen molar-refractivity contribution < 1.29 is 4.74 Å². The van der Waals surface area contributed by atoms with Crippen molar-refractivity contribution in [1.29, 1.82) is 0 Å². The van der Waals surface area contributed by atoms with Gasteiger partial charge < -0.3 is 20.7 Å². The van der Waals surface area contributed by atoms with Crippen molar-refractivity contribution in [2.45, 2.75) is 6.42 Å². The predicted octanol–water partition coefficient (Wildman–Crippen LogP) is 2.02. The SMILES string of the molecule is COCCNC(N)=NCCCN1CCN(c2cccc(Cl)c2)CC1.I. The van der Waals surface area contributed by atoms with Crippen LogP contribution in [0.3, 0.4) is 0 Å². The van der Waals surface area contributed by atoms with E-state index in [-0.39, 0.29) is 24.0 Å². The predicted molar refractivity (Wildman–Crippen MR) is 117 cm³/mol. The molecule has 1 saturated heterocycles. The number of methoxy groups -OCH3 is 1. The van der Waals surface area contributed by atoms with Gasteiger partial charge in [0.25, 0.3) is 0 Å². The fourth-order valence-corrected chi connectivity index (χ4v) is 2.92. The second-order valence-electron chi connectivity index (χ2n) is 5.85. The van der Waals surface area contributed by atoms with Crippen molar-refractivity contribution in [3.8, 4) is 0 Å². The summed E-state index contributed by atoms with van der Waals surface area (Å²) < 4.78 is 4.95. The molecule has 1 aromatic carbocycles. The molecule has 0 spiro atoms. The van der Waals surface area contributed by atoms with E-state index in [4.69, 9.17) is 22.1 Å². The van der Waals surface area contributed by atoms with E-state index in [1.807, 2.05) is 18.2 Å². The molecular formula is C17H29ClIN5O. The van der Waals surface area contributed by atoms with Crippen LogP contribution in [0.4, 0.5) is 5.69 Å². The largest absolute Gasteiger partial charge is 0.383 e. The smallest absolute Gasteiger partial charge is 0.188 e. The van der Waals surface area contributed by atoms with E-state index in [2.05, 4.69) is 26.2 Å². The summed E-state index contributed by atoms with van der Waals surface area (Å²) in [5.74, 6) is 0.498. The summed E-state index contributed by atoms with van der Waals surface area (Å²) >= 11 is 6.07. The Hall–Kier alpha value is -0.770. The molecule has 3 N–H and O–H groups in total. The number of halogens is 2. The summed E-state index contributed by atoms with van der Waals surface area (Å²) in [6.45, 7) is 7.33. The average Bonchev–Trinajstić information content (AvgIpc) is 2.59. The zero-order valence-electron chi connectivity index (χ0n) is 14.8. The molecule has 142 valence electrons. The lowest BCUT2D eigenvalue weighted by Crippen LogP contribution is -2.46. The van der Waals surface area contributed by atoms with E-state index in [1.54, 1.807) is 7.11 Å². The Morgan fingerprint density at radius 2 is 2.08 bits per heavy atom. The molecule has 1 fully saturated rings. The minimum absolute atomic E-state index is 0. The molecule has 0 saturated carbocycles. The summed E-state index contributed by atoms with van der Waals surface area (Å²) in [4.78, 5) is 9.19. The average molecular weight is 482 g/mol. The summed E-state index contributed by atoms with van der Waals surface area (Å²) in [6, 6.07) is 8.08. The van der Waals surface area contributed by atoms with E-state index < -0.39 is 0 Å². The van der Waals surface area contributed by atoms with Crippen LogP contribution in [0.25, 0.3) is 0 Å². The van der Waals surface area contributed by atoms with Gasteiger partial charge in [0, 0.05) is 63.6 Å². The molecule has 0 amide bonds. The number of nitrogens with two attached hydrogens (primary N) is 1. The normalized spacial score (nSPS) is 15.8. The maximum atomic E-state index is 6.07. The van der Waals surface area contributed by atoms with Gasteiger partial charge in [0.15, 0.2) is 5.96 Å². The molecule has 8 heteroatoms. The van der Waals surface area contributed by atoms with Gasteiger partial charge in [-0.2, -0.15) is 0 Å². The van der Waals surface area contributed by atoms with Gasteiger partial charge in [-0.15, -0.1) is 24.0 Å². The Kier molecular flexibility index (Phi) is 11.2. The Morgan fingerprint density at radius 1 is 1.32 bits per heavy atom. The molecule has 0 aliphatic carbocycles. The van der Waals surface area contributed by atoms with E-state index in [1.165, 1.54) is 5.69 Å². The lowest BCUT2D eigenvalue weighted by molar-refractivity contribution is 0.204. The summed E-state index contributed by atoms with van der Waals surface area (Å²) in [5.41, 5.74) is 6.99. The summed E-state index contributed by atoms with van der Waals surface area (Å²) in [5, 5.41) is 3.82. The topological polar surface area (TPSA) is 66.1 Å². The maximum absolute atomic E-state index is 6.07. The van der Waals surface area contributed by atoms with E-state index in [9.17, 15) is 0 Å². The molecule has 1 heterocycles. The van der Waals surface area contributed by atoms with Crippen LogP contribution in [-0.4, -0.2) is 70.4 Å². The minimum Gasteiger partial charge on any atom is -0.383 e. The van der Waals surface area contributed by atoms with E-state index in [0.717, 1.165) is 50.7 Å². The number of hydrogen-bond donors (Lipinski definition) is 2. The van der Waals surface area contributed by atoms with Crippen LogP contribution in [0.5, 0.6) is 0 Å². The zero-order chi connectivity index (χ0) is 17.2. The number of ether oxygens (including phenoxy) is 1. The highest BCUT2D eigenvalue weighted by atomic mass is 127. The number of rotatable bonds is 8. The van der Waals surface area contributed by atoms with Crippen LogP contribution in [0, 0.1) is 0 Å². The number of anilines is 1. The molecule has 2 rings (SSSR count). The summed E-state index contributed by atoms with van der Waals surface area (Å²) in [6.07, 6.45) is 1.02. The number of piperazine rings is 1. The van der Waals surface area contributed by atoms with Gasteiger partial charge in [0.1, 0.15) is 0 Å². The van der Waals surface area contributed by atoms with Gasteiger partial charge in [-0.1, -0.05) is 17.7 Å². The molecule has 1 aliphatic heterocycles. The Balaban J connectivity index is 0.00000312. The molecule has 0 unspecified atom stereocenters. The minimum atomic E-state index is 0. The Bertz CT molecular complexity index is 524. The molecule has 1 aliphatic rings. The quantitative estimate of drug-likeness (QED) is 0.257. The first kappa shape index (κ1) is 22.3. The van der Waals surface area contributed by atoms with Crippen LogP contribution >= 0.6 is 35.6 Å². The number of nitrogens with one attached hydrogen (secondary N) is 1. The molecular weight excluding hydrogens is 453 g/mol. The third kappa shape index (κ3) is 8.44. The number of guanidine groups is 1. The van der Waals surface area contributed by atoms with Gasteiger partial charge in [-0.3, -0.25) is 9.89 Å². The third-order valence-corrected chi connectivity index (χ3v) is 4.31. The summed E-state index contributed by atoms with van der Waals surface area (Å²) in [7, 11) is 1.67. The van der Waals surface area contributed by atoms with Crippen LogP contribution in [0.2, 0.25) is 5.02 Å². The Labute approximate surface area is 172 Å². The highest BCUT2D eigenvalue weighted by molar-refractivity contribution is 14.0. The molecule has 0 radical (unpaired) electrons. The van der Waals surface area contributed by atoms with Crippen LogP contribution in [0.1, 0.15) is 6.42 Å². The van der Waals surface area contributed by atoms with Gasteiger partial charge in [0.05, 0.1) is 6.61 Å². The van der Waals surface area contributed by atoms with Gasteiger partial charge in [-0.05, 0) is 24.6 Å². The third-order valence-electron chi connectivity index (χ3n) is 4.07. The van der Waals surface area contributed by atoms with Crippen LogP contribution < -0.4 is 16.0 Å². The number of aliphatic imine (C=N–C) groups is 1. The van der Waals surface area contributed by atoms with Gasteiger partial charge >= 0.3 is 0 Å². The first-order valence-electron chi connectivity index (χ1n) is 8.44. The zero-order valence-corrected chi connectivity index (χ0v) is 17.9. The fourth-order valence-electron chi connectivity index (χ4n) is 2.73. The fraction of sp³-hybridized carbons (Fsp3) is 0.588. The molecule has 6 nitrogen and oxygen atoms in total.